The zero-order valence-electron chi connectivity index (χ0n) is 5.80. The molecule has 0 aliphatic carbocycles. The van der Waals surface area contributed by atoms with Crippen LogP contribution in [-0.2, 0) is 23.2 Å². The van der Waals surface area contributed by atoms with E-state index in [1.165, 1.54) is 0 Å². The Bertz CT molecular complexity index is 180. The van der Waals surface area contributed by atoms with E-state index in [9.17, 15) is 14.2 Å². The molecule has 0 saturated carbocycles. The van der Waals surface area contributed by atoms with Gasteiger partial charge in [-0.15, -0.1) is 9.05 Å². The predicted octanol–water partition coefficient (Wildman–Crippen LogP) is -0.154. The van der Waals surface area contributed by atoms with E-state index in [0.717, 1.165) is 0 Å². The number of carboxylic acid groups (broad SMARTS) is 2. The van der Waals surface area contributed by atoms with Crippen LogP contribution in [0, 0.1) is 0 Å². The molecule has 0 aromatic heterocycles. The van der Waals surface area contributed by atoms with Crippen molar-refractivity contribution in [2.75, 3.05) is 13.2 Å². The van der Waals surface area contributed by atoms with Crippen LogP contribution in [0.4, 0.5) is 0 Å². The summed E-state index contributed by atoms with van der Waals surface area (Å²) in [4.78, 5) is 19.6. The molecule has 0 aromatic rings. The number of rotatable bonds is 6. The molecule has 0 aliphatic rings. The Kier molecular flexibility index (Phi) is 5.11. The lowest BCUT2D eigenvalue weighted by Gasteiger charge is -1.84. The van der Waals surface area contributed by atoms with Crippen LogP contribution in [0.3, 0.4) is 0 Å². The minimum absolute atomic E-state index is 0.783. The van der Waals surface area contributed by atoms with E-state index in [-0.39, 0.29) is 0 Å². The second-order valence-corrected chi connectivity index (χ2v) is 2.52. The molecular formula is C4H6O7P+. The maximum atomic E-state index is 10.4. The Balaban J connectivity index is 3.47. The normalized spacial score (nSPS) is 9.33. The summed E-state index contributed by atoms with van der Waals surface area (Å²) < 4.78 is 18.6. The van der Waals surface area contributed by atoms with E-state index < -0.39 is 33.4 Å². The Hall–Kier alpha value is -1.04. The van der Waals surface area contributed by atoms with Crippen molar-refractivity contribution < 1.29 is 33.4 Å². The lowest BCUT2D eigenvalue weighted by atomic mass is 10.8. The van der Waals surface area contributed by atoms with Crippen LogP contribution in [0.15, 0.2) is 0 Å². The van der Waals surface area contributed by atoms with E-state index in [4.69, 9.17) is 10.2 Å². The van der Waals surface area contributed by atoms with Gasteiger partial charge in [-0.1, -0.05) is 0 Å². The molecule has 8 heteroatoms. The van der Waals surface area contributed by atoms with E-state index >= 15 is 0 Å². The molecule has 0 aliphatic heterocycles. The fraction of sp³-hybridized carbons (Fsp3) is 0.500. The second-order valence-electron chi connectivity index (χ2n) is 1.56. The molecule has 0 radical (unpaired) electrons. The average molecular weight is 197 g/mol. The number of hydrogen-bond acceptors (Lipinski definition) is 5. The molecule has 0 amide bonds. The van der Waals surface area contributed by atoms with Crippen molar-refractivity contribution in [3.8, 4) is 0 Å². The minimum Gasteiger partial charge on any atom is -0.479 e. The Morgan fingerprint density at radius 3 is 1.67 bits per heavy atom. The molecule has 0 atom stereocenters. The summed E-state index contributed by atoms with van der Waals surface area (Å²) in [5.74, 6) is -2.62. The van der Waals surface area contributed by atoms with E-state index in [2.05, 4.69) is 9.05 Å². The number of aliphatic carboxylic acids is 2. The fourth-order valence-electron chi connectivity index (χ4n) is 0.253. The summed E-state index contributed by atoms with van der Waals surface area (Å²) in [5, 5.41) is 16.0. The standard InChI is InChI=1S/C4H5O7P/c5-3(6)1-10-12(9)11-2-4(7)8/h1-2H2,(H-,5,6,7,8)/p+1. The number of hydrogen-bond donors (Lipinski definition) is 2. The van der Waals surface area contributed by atoms with Crippen LogP contribution in [-0.4, -0.2) is 35.4 Å². The van der Waals surface area contributed by atoms with Crippen molar-refractivity contribution in [2.45, 2.75) is 0 Å². The first kappa shape index (κ1) is 11.0. The monoisotopic (exact) mass is 197 g/mol. The summed E-state index contributed by atoms with van der Waals surface area (Å²) in [5.41, 5.74) is 0. The molecule has 7 nitrogen and oxygen atoms in total. The largest absolute Gasteiger partial charge is 0.698 e. The van der Waals surface area contributed by atoms with Gasteiger partial charge in [-0.2, -0.15) is 0 Å². The third-order valence-corrected chi connectivity index (χ3v) is 1.27. The molecule has 0 rings (SSSR count). The highest BCUT2D eigenvalue weighted by molar-refractivity contribution is 7.33. The van der Waals surface area contributed by atoms with Gasteiger partial charge in [-0.25, -0.2) is 9.59 Å². The summed E-state index contributed by atoms with van der Waals surface area (Å²) in [7, 11) is -2.66. The maximum Gasteiger partial charge on any atom is 0.698 e. The van der Waals surface area contributed by atoms with Crippen LogP contribution >= 0.6 is 8.25 Å². The highest BCUT2D eigenvalue weighted by atomic mass is 31.1. The molecule has 68 valence electrons. The Morgan fingerprint density at radius 2 is 1.42 bits per heavy atom. The first-order valence-corrected chi connectivity index (χ1v) is 3.78. The lowest BCUT2D eigenvalue weighted by molar-refractivity contribution is -0.139. The van der Waals surface area contributed by atoms with Crippen LogP contribution in [0.1, 0.15) is 0 Å². The van der Waals surface area contributed by atoms with Crippen LogP contribution in [0.25, 0.3) is 0 Å². The van der Waals surface area contributed by atoms with Gasteiger partial charge in [0.1, 0.15) is 0 Å². The maximum absolute atomic E-state index is 10.4. The molecule has 0 heterocycles. The first-order valence-electron chi connectivity index (χ1n) is 2.69. The SMILES string of the molecule is O=C(O)CO[P+](=O)OCC(=O)O. The average Bonchev–Trinajstić information content (AvgIpc) is 1.96. The van der Waals surface area contributed by atoms with Gasteiger partial charge in [-0.05, 0) is 0 Å². The summed E-state index contributed by atoms with van der Waals surface area (Å²) >= 11 is 0. The summed E-state index contributed by atoms with van der Waals surface area (Å²) in [6.07, 6.45) is 0. The van der Waals surface area contributed by atoms with Crippen molar-refractivity contribution in [1.82, 2.24) is 0 Å². The third kappa shape index (κ3) is 7.07. The first-order chi connectivity index (χ1) is 5.52. The Morgan fingerprint density at radius 1 is 1.08 bits per heavy atom. The lowest BCUT2D eigenvalue weighted by Crippen LogP contribution is -2.06. The summed E-state index contributed by atoms with van der Waals surface area (Å²) in [6, 6.07) is 0. The molecular weight excluding hydrogens is 191 g/mol. The van der Waals surface area contributed by atoms with Crippen LogP contribution in [0.5, 0.6) is 0 Å². The van der Waals surface area contributed by atoms with Gasteiger partial charge in [0.05, 0.1) is 0 Å². The smallest absolute Gasteiger partial charge is 0.479 e. The van der Waals surface area contributed by atoms with Gasteiger partial charge in [0.2, 0.25) is 13.2 Å². The molecule has 12 heavy (non-hydrogen) atoms. The molecule has 0 aromatic carbocycles. The molecule has 0 spiro atoms. The summed E-state index contributed by atoms with van der Waals surface area (Å²) in [6.45, 7) is -1.57. The number of carbonyl (C=O) groups is 2. The van der Waals surface area contributed by atoms with Crippen LogP contribution < -0.4 is 0 Å². The second kappa shape index (κ2) is 5.59. The molecule has 0 fully saturated rings. The van der Waals surface area contributed by atoms with Crippen molar-refractivity contribution in [2.24, 2.45) is 0 Å². The highest BCUT2D eigenvalue weighted by Gasteiger charge is 2.23. The number of carboxylic acids is 2. The van der Waals surface area contributed by atoms with E-state index in [1.807, 2.05) is 0 Å². The fourth-order valence-corrected chi connectivity index (χ4v) is 0.759. The quantitative estimate of drug-likeness (QED) is 0.569. The highest BCUT2D eigenvalue weighted by Crippen LogP contribution is 2.22. The van der Waals surface area contributed by atoms with Crippen molar-refractivity contribution in [3.63, 3.8) is 0 Å². The van der Waals surface area contributed by atoms with E-state index in [0.29, 0.717) is 0 Å². The zero-order valence-corrected chi connectivity index (χ0v) is 6.69. The molecule has 0 unspecified atom stereocenters. The van der Waals surface area contributed by atoms with Crippen LogP contribution in [0.2, 0.25) is 0 Å². The van der Waals surface area contributed by atoms with Crippen molar-refractivity contribution in [3.05, 3.63) is 0 Å². The molecule has 0 bridgehead atoms. The third-order valence-electron chi connectivity index (χ3n) is 0.587. The molecule has 2 N–H and O–H groups in total. The van der Waals surface area contributed by atoms with Gasteiger partial charge >= 0.3 is 20.2 Å². The Labute approximate surface area is 67.9 Å². The zero-order chi connectivity index (χ0) is 9.56. The van der Waals surface area contributed by atoms with Gasteiger partial charge in [-0.3, -0.25) is 0 Å². The van der Waals surface area contributed by atoms with Gasteiger partial charge in [0.25, 0.3) is 0 Å². The van der Waals surface area contributed by atoms with Crippen molar-refractivity contribution in [1.29, 1.82) is 0 Å². The predicted molar refractivity (Wildman–Crippen MR) is 34.8 cm³/mol. The topological polar surface area (TPSA) is 110 Å². The van der Waals surface area contributed by atoms with Gasteiger partial charge < -0.3 is 10.2 Å². The van der Waals surface area contributed by atoms with E-state index in [1.54, 1.807) is 0 Å². The molecule has 0 saturated heterocycles. The van der Waals surface area contributed by atoms with Gasteiger partial charge in [0.15, 0.2) is 0 Å². The van der Waals surface area contributed by atoms with Crippen molar-refractivity contribution >= 4 is 20.2 Å². The van der Waals surface area contributed by atoms with Gasteiger partial charge in [0, 0.05) is 4.57 Å². The minimum atomic E-state index is -2.66.